The molecule has 1 amide bonds. The maximum absolute atomic E-state index is 13.8. The predicted molar refractivity (Wildman–Crippen MR) is 110 cm³/mol. The van der Waals surface area contributed by atoms with Crippen LogP contribution in [0.5, 0.6) is 5.75 Å². The van der Waals surface area contributed by atoms with Gasteiger partial charge >= 0.3 is 0 Å². The van der Waals surface area contributed by atoms with Crippen molar-refractivity contribution in [3.05, 3.63) is 63.3 Å². The van der Waals surface area contributed by atoms with Crippen molar-refractivity contribution >= 4 is 11.7 Å². The fraction of sp³-hybridized carbons (Fsp3) is 0.409. The molecule has 8 nitrogen and oxygen atoms in total. The first-order valence-electron chi connectivity index (χ1n) is 9.79. The van der Waals surface area contributed by atoms with Gasteiger partial charge in [0.25, 0.3) is 5.91 Å². The molecule has 2 aromatic rings. The Morgan fingerprint density at radius 3 is 2.68 bits per heavy atom. The molecule has 0 aliphatic carbocycles. The Morgan fingerprint density at radius 1 is 1.32 bits per heavy atom. The van der Waals surface area contributed by atoms with E-state index in [0.717, 1.165) is 0 Å². The molecule has 0 saturated carbocycles. The zero-order valence-electron chi connectivity index (χ0n) is 17.6. The summed E-state index contributed by atoms with van der Waals surface area (Å²) in [6, 6.07) is 5.92. The lowest BCUT2D eigenvalue weighted by Crippen LogP contribution is -2.50. The third-order valence-corrected chi connectivity index (χ3v) is 5.81. The number of amides is 1. The first-order chi connectivity index (χ1) is 14.7. The number of aromatic nitrogens is 1. The van der Waals surface area contributed by atoms with Crippen LogP contribution >= 0.6 is 0 Å². The number of ketones is 1. The first kappa shape index (κ1) is 22.6. The summed E-state index contributed by atoms with van der Waals surface area (Å²) in [5, 5.41) is 13.0. The summed E-state index contributed by atoms with van der Waals surface area (Å²) in [5.74, 6) is -2.53. The third-order valence-electron chi connectivity index (χ3n) is 5.81. The average molecular weight is 432 g/mol. The number of Topliss-reactive ketones (excluding diaryl/α,β-unsaturated/α-hetero) is 1. The highest BCUT2D eigenvalue weighted by atomic mass is 19.1. The summed E-state index contributed by atoms with van der Waals surface area (Å²) in [6.07, 6.45) is 1.01. The Balaban J connectivity index is 1.95. The van der Waals surface area contributed by atoms with Crippen LogP contribution in [0.15, 0.2) is 35.3 Å². The Hall–Kier alpha value is -3.04. The fourth-order valence-corrected chi connectivity index (χ4v) is 3.83. The largest absolute Gasteiger partial charge is 0.503 e. The minimum absolute atomic E-state index is 0.137. The molecule has 0 radical (unpaired) electrons. The van der Waals surface area contributed by atoms with Crippen LogP contribution in [-0.4, -0.2) is 48.3 Å². The number of pyridine rings is 1. The van der Waals surface area contributed by atoms with E-state index in [4.69, 9.17) is 9.47 Å². The van der Waals surface area contributed by atoms with Crippen molar-refractivity contribution in [2.75, 3.05) is 20.8 Å². The first-order valence-corrected chi connectivity index (χ1v) is 9.79. The smallest absolute Gasteiger partial charge is 0.257 e. The summed E-state index contributed by atoms with van der Waals surface area (Å²) in [6.45, 7) is 2.01. The van der Waals surface area contributed by atoms with Crippen LogP contribution in [0.4, 0.5) is 4.39 Å². The molecule has 0 fully saturated rings. The van der Waals surface area contributed by atoms with Gasteiger partial charge in [-0.2, -0.15) is 0 Å². The van der Waals surface area contributed by atoms with Crippen molar-refractivity contribution in [3.63, 3.8) is 0 Å². The number of carbonyl (C=O) groups is 2. The van der Waals surface area contributed by atoms with Crippen LogP contribution in [0.3, 0.4) is 0 Å². The molecule has 2 heterocycles. The number of fused-ring (bicyclic) bond motifs is 1. The molecule has 2 atom stereocenters. The highest BCUT2D eigenvalue weighted by Gasteiger charge is 2.48. The quantitative estimate of drug-likeness (QED) is 0.692. The number of nitrogens with one attached hydrogen (secondary N) is 1. The van der Waals surface area contributed by atoms with Crippen molar-refractivity contribution in [3.8, 4) is 5.75 Å². The molecule has 1 unspecified atom stereocenters. The van der Waals surface area contributed by atoms with Gasteiger partial charge in [0.2, 0.25) is 5.43 Å². The van der Waals surface area contributed by atoms with E-state index in [1.165, 1.54) is 43.2 Å². The van der Waals surface area contributed by atoms with Gasteiger partial charge in [0.15, 0.2) is 11.5 Å². The summed E-state index contributed by atoms with van der Waals surface area (Å²) < 4.78 is 25.8. The van der Waals surface area contributed by atoms with Crippen LogP contribution in [0.25, 0.3) is 0 Å². The van der Waals surface area contributed by atoms with Gasteiger partial charge in [-0.05, 0) is 19.4 Å². The predicted octanol–water partition coefficient (Wildman–Crippen LogP) is 1.88. The van der Waals surface area contributed by atoms with E-state index < -0.39 is 40.2 Å². The number of ether oxygens (including phenoxy) is 2. The van der Waals surface area contributed by atoms with E-state index >= 15 is 0 Å². The zero-order chi connectivity index (χ0) is 22.8. The molecule has 1 aliphatic heterocycles. The van der Waals surface area contributed by atoms with Crippen molar-refractivity contribution in [2.24, 2.45) is 5.41 Å². The van der Waals surface area contributed by atoms with Crippen molar-refractivity contribution in [1.29, 1.82) is 0 Å². The molecule has 0 saturated heterocycles. The number of hydrogen-bond acceptors (Lipinski definition) is 6. The van der Waals surface area contributed by atoms with Crippen LogP contribution in [0.2, 0.25) is 0 Å². The van der Waals surface area contributed by atoms with E-state index in [2.05, 4.69) is 5.32 Å². The summed E-state index contributed by atoms with van der Waals surface area (Å²) in [4.78, 5) is 38.5. The van der Waals surface area contributed by atoms with Crippen LogP contribution in [0, 0.1) is 11.2 Å². The van der Waals surface area contributed by atoms with Gasteiger partial charge in [0, 0.05) is 39.1 Å². The lowest BCUT2D eigenvalue weighted by Gasteiger charge is -2.40. The number of nitrogens with zero attached hydrogens (tertiary/aromatic N) is 1. The minimum Gasteiger partial charge on any atom is -0.503 e. The van der Waals surface area contributed by atoms with Gasteiger partial charge in [-0.3, -0.25) is 14.4 Å². The Bertz CT molecular complexity index is 1070. The van der Waals surface area contributed by atoms with Crippen LogP contribution in [0.1, 0.15) is 39.8 Å². The molecule has 166 valence electrons. The van der Waals surface area contributed by atoms with E-state index in [-0.39, 0.29) is 29.9 Å². The van der Waals surface area contributed by atoms with Crippen molar-refractivity contribution in [1.82, 2.24) is 9.88 Å². The summed E-state index contributed by atoms with van der Waals surface area (Å²) in [5.41, 5.74) is -2.23. The number of hydrogen-bond donors (Lipinski definition) is 2. The van der Waals surface area contributed by atoms with Gasteiger partial charge in [0.05, 0.1) is 18.1 Å². The summed E-state index contributed by atoms with van der Waals surface area (Å²) in [7, 11) is 2.99. The molecule has 3 rings (SSSR count). The van der Waals surface area contributed by atoms with Gasteiger partial charge < -0.3 is 24.5 Å². The Labute approximate surface area is 178 Å². The highest BCUT2D eigenvalue weighted by Crippen LogP contribution is 2.39. The molecule has 0 bridgehead atoms. The normalized spacial score (nSPS) is 20.4. The monoisotopic (exact) mass is 432 g/mol. The molecule has 0 spiro atoms. The standard InChI is InChI=1S/C22H25FN2O6/c1-22(8-9-30-2)16(31-3)12-25-11-14(18(26)19(27)17(25)20(22)28)21(29)24-10-13-6-4-5-7-15(13)23/h4-7,11,16,27H,8-10,12H2,1-3H3,(H,24,29)/t16?,22-/m0/s1. The molecule has 9 heteroatoms. The molecule has 1 aromatic carbocycles. The molecule has 31 heavy (non-hydrogen) atoms. The number of aromatic hydroxyl groups is 1. The topological polar surface area (TPSA) is 107 Å². The molecular formula is C22H25FN2O6. The van der Waals surface area contributed by atoms with Gasteiger partial charge in [-0.25, -0.2) is 4.39 Å². The maximum atomic E-state index is 13.8. The van der Waals surface area contributed by atoms with Crippen LogP contribution in [-0.2, 0) is 22.6 Å². The van der Waals surface area contributed by atoms with Gasteiger partial charge in [-0.1, -0.05) is 18.2 Å². The van der Waals surface area contributed by atoms with Gasteiger partial charge in [-0.15, -0.1) is 0 Å². The number of benzene rings is 1. The molecule has 2 N–H and O–H groups in total. The third kappa shape index (κ3) is 4.11. The van der Waals surface area contributed by atoms with E-state index in [1.54, 1.807) is 13.0 Å². The lowest BCUT2D eigenvalue weighted by molar-refractivity contribution is -0.0262. The number of methoxy groups -OCH3 is 2. The van der Waals surface area contributed by atoms with E-state index in [0.29, 0.717) is 13.0 Å². The minimum atomic E-state index is -1.01. The number of rotatable bonds is 7. The van der Waals surface area contributed by atoms with E-state index in [1.807, 2.05) is 0 Å². The Kier molecular flexibility index (Phi) is 6.56. The van der Waals surface area contributed by atoms with Crippen LogP contribution < -0.4 is 10.7 Å². The van der Waals surface area contributed by atoms with E-state index in [9.17, 15) is 23.9 Å². The SMILES string of the molecule is COCC[C@]1(C)C(=O)c2c(O)c(=O)c(C(=O)NCc3ccccc3F)cn2CC1OC. The van der Waals surface area contributed by atoms with Crippen molar-refractivity contribution in [2.45, 2.75) is 32.5 Å². The van der Waals surface area contributed by atoms with Crippen molar-refractivity contribution < 1.29 is 28.6 Å². The second-order valence-corrected chi connectivity index (χ2v) is 7.71. The average Bonchev–Trinajstić information content (AvgIpc) is 2.76. The van der Waals surface area contributed by atoms with Gasteiger partial charge in [0.1, 0.15) is 17.1 Å². The molecule has 1 aliphatic rings. The number of halogens is 1. The lowest BCUT2D eigenvalue weighted by atomic mass is 9.73. The Morgan fingerprint density at radius 2 is 2.03 bits per heavy atom. The second kappa shape index (κ2) is 8.99. The highest BCUT2D eigenvalue weighted by molar-refractivity contribution is 6.03. The fourth-order valence-electron chi connectivity index (χ4n) is 3.83. The zero-order valence-corrected chi connectivity index (χ0v) is 17.6. The maximum Gasteiger partial charge on any atom is 0.257 e. The molecular weight excluding hydrogens is 407 g/mol. The molecule has 1 aromatic heterocycles. The summed E-state index contributed by atoms with van der Waals surface area (Å²) >= 11 is 0. The second-order valence-electron chi connectivity index (χ2n) is 7.71. The number of carbonyl (C=O) groups excluding carboxylic acids is 2.